The lowest BCUT2D eigenvalue weighted by Gasteiger charge is -2.23. The highest BCUT2D eigenvalue weighted by molar-refractivity contribution is 7.19. The van der Waals surface area contributed by atoms with Gasteiger partial charge in [0.15, 0.2) is 0 Å². The van der Waals surface area contributed by atoms with Crippen LogP contribution in [0.2, 0.25) is 0 Å². The van der Waals surface area contributed by atoms with Crippen molar-refractivity contribution in [1.82, 2.24) is 0 Å². The van der Waals surface area contributed by atoms with E-state index in [1.807, 2.05) is 30.3 Å². The Morgan fingerprint density at radius 3 is 2.13 bits per heavy atom. The van der Waals surface area contributed by atoms with Gasteiger partial charge in [-0.2, -0.15) is 0 Å². The maximum Gasteiger partial charge on any atom is 0.269 e. The van der Waals surface area contributed by atoms with Gasteiger partial charge in [-0.3, -0.25) is 10.1 Å². The Hall–Kier alpha value is -3.84. The Balaban J connectivity index is 1.62. The van der Waals surface area contributed by atoms with Crippen LogP contribution in [0.3, 0.4) is 0 Å². The van der Waals surface area contributed by atoms with Crippen molar-refractivity contribution in [2.24, 2.45) is 10.2 Å². The Labute approximate surface area is 177 Å². The molecule has 4 rings (SSSR count). The van der Waals surface area contributed by atoms with Crippen LogP contribution >= 0.6 is 11.3 Å². The topological polar surface area (TPSA) is 71.1 Å². The highest BCUT2D eigenvalue weighted by atomic mass is 32.1. The standard InChI is InChI=1S/C23H18N4O2S/c1-17-7-11-20(12-8-17)26(19-5-3-2-4-6-19)23-16-15-22(30-23)25-24-18-9-13-21(14-10-18)27(28)29/h2-16H,1H3. The van der Waals surface area contributed by atoms with Crippen LogP contribution in [-0.4, -0.2) is 4.92 Å². The first kappa shape index (κ1) is 19.5. The van der Waals surface area contributed by atoms with Gasteiger partial charge in [0, 0.05) is 23.5 Å². The molecule has 0 bridgehead atoms. The average Bonchev–Trinajstić information content (AvgIpc) is 3.23. The fourth-order valence-electron chi connectivity index (χ4n) is 2.91. The molecule has 0 spiro atoms. The van der Waals surface area contributed by atoms with Gasteiger partial charge in [-0.15, -0.1) is 10.2 Å². The molecule has 0 unspecified atom stereocenters. The van der Waals surface area contributed by atoms with Gasteiger partial charge < -0.3 is 4.90 Å². The summed E-state index contributed by atoms with van der Waals surface area (Å²) in [5.41, 5.74) is 3.92. The highest BCUT2D eigenvalue weighted by Gasteiger charge is 2.14. The van der Waals surface area contributed by atoms with Gasteiger partial charge >= 0.3 is 0 Å². The van der Waals surface area contributed by atoms with Crippen LogP contribution in [0.4, 0.5) is 32.8 Å². The third kappa shape index (κ3) is 4.42. The number of nitro benzene ring substituents is 1. The van der Waals surface area contributed by atoms with Crippen LogP contribution in [0, 0.1) is 17.0 Å². The van der Waals surface area contributed by atoms with Crippen molar-refractivity contribution >= 4 is 44.1 Å². The van der Waals surface area contributed by atoms with E-state index in [0.717, 1.165) is 21.4 Å². The smallest absolute Gasteiger partial charge is 0.269 e. The summed E-state index contributed by atoms with van der Waals surface area (Å²) in [5.74, 6) is 0. The van der Waals surface area contributed by atoms with Crippen molar-refractivity contribution in [2.75, 3.05) is 4.90 Å². The second kappa shape index (κ2) is 8.67. The molecular weight excluding hydrogens is 396 g/mol. The average molecular weight is 414 g/mol. The SMILES string of the molecule is Cc1ccc(N(c2ccccc2)c2ccc(N=Nc3ccc([N+](=O)[O-])cc3)s2)cc1. The zero-order valence-corrected chi connectivity index (χ0v) is 17.0. The number of nitro groups is 1. The highest BCUT2D eigenvalue weighted by Crippen LogP contribution is 2.41. The fourth-order valence-corrected chi connectivity index (χ4v) is 3.78. The predicted molar refractivity (Wildman–Crippen MR) is 121 cm³/mol. The van der Waals surface area contributed by atoms with E-state index in [1.165, 1.54) is 29.0 Å². The predicted octanol–water partition coefficient (Wildman–Crippen LogP) is 7.85. The molecule has 1 aromatic heterocycles. The molecule has 148 valence electrons. The molecule has 0 N–H and O–H groups in total. The van der Waals surface area contributed by atoms with Crippen molar-refractivity contribution in [3.8, 4) is 0 Å². The number of hydrogen-bond donors (Lipinski definition) is 0. The van der Waals surface area contributed by atoms with Crippen LogP contribution in [0.15, 0.2) is 101 Å². The minimum absolute atomic E-state index is 0.0314. The number of hydrogen-bond acceptors (Lipinski definition) is 6. The fraction of sp³-hybridized carbons (Fsp3) is 0.0435. The van der Waals surface area contributed by atoms with Gasteiger partial charge in [-0.25, -0.2) is 0 Å². The first-order valence-electron chi connectivity index (χ1n) is 9.28. The van der Waals surface area contributed by atoms with Gasteiger partial charge in [0.1, 0.15) is 10.0 Å². The summed E-state index contributed by atoms with van der Waals surface area (Å²) in [7, 11) is 0. The molecule has 0 atom stereocenters. The van der Waals surface area contributed by atoms with E-state index in [-0.39, 0.29) is 5.69 Å². The maximum atomic E-state index is 10.8. The number of anilines is 3. The Kier molecular flexibility index (Phi) is 5.63. The molecule has 0 aliphatic rings. The summed E-state index contributed by atoms with van der Waals surface area (Å²) in [5, 5.41) is 21.0. The Morgan fingerprint density at radius 2 is 1.47 bits per heavy atom. The summed E-state index contributed by atoms with van der Waals surface area (Å²) in [6.07, 6.45) is 0. The number of thiophene rings is 1. The molecule has 0 saturated carbocycles. The lowest BCUT2D eigenvalue weighted by molar-refractivity contribution is -0.384. The summed E-state index contributed by atoms with van der Waals surface area (Å²) in [4.78, 5) is 12.5. The quantitative estimate of drug-likeness (QED) is 0.183. The van der Waals surface area contributed by atoms with Crippen molar-refractivity contribution in [1.29, 1.82) is 0 Å². The number of benzene rings is 3. The molecule has 30 heavy (non-hydrogen) atoms. The summed E-state index contributed by atoms with van der Waals surface area (Å²) in [6.45, 7) is 2.07. The van der Waals surface area contributed by atoms with Crippen LogP contribution in [-0.2, 0) is 0 Å². The second-order valence-electron chi connectivity index (χ2n) is 6.59. The van der Waals surface area contributed by atoms with Crippen molar-refractivity contribution in [3.05, 3.63) is 107 Å². The number of azo groups is 1. The van der Waals surface area contributed by atoms with E-state index in [1.54, 1.807) is 12.1 Å². The molecule has 0 aliphatic heterocycles. The van der Waals surface area contributed by atoms with Gasteiger partial charge in [-0.1, -0.05) is 47.2 Å². The largest absolute Gasteiger partial charge is 0.302 e. The molecule has 0 aliphatic carbocycles. The van der Waals surface area contributed by atoms with Crippen molar-refractivity contribution < 1.29 is 4.92 Å². The molecule has 4 aromatic rings. The normalized spacial score (nSPS) is 11.0. The minimum Gasteiger partial charge on any atom is -0.302 e. The van der Waals surface area contributed by atoms with Crippen molar-refractivity contribution in [3.63, 3.8) is 0 Å². The van der Waals surface area contributed by atoms with Gasteiger partial charge in [0.05, 0.1) is 10.6 Å². The van der Waals surface area contributed by atoms with Crippen molar-refractivity contribution in [2.45, 2.75) is 6.92 Å². The lowest BCUT2D eigenvalue weighted by atomic mass is 10.2. The van der Waals surface area contributed by atoms with Crippen LogP contribution < -0.4 is 4.90 Å². The summed E-state index contributed by atoms with van der Waals surface area (Å²) < 4.78 is 0. The van der Waals surface area contributed by atoms with E-state index in [2.05, 4.69) is 58.5 Å². The molecule has 1 heterocycles. The summed E-state index contributed by atoms with van der Waals surface area (Å²) >= 11 is 1.52. The van der Waals surface area contributed by atoms with Gasteiger partial charge in [0.25, 0.3) is 5.69 Å². The zero-order chi connectivity index (χ0) is 20.9. The molecule has 6 nitrogen and oxygen atoms in total. The van der Waals surface area contributed by atoms with Crippen LogP contribution in [0.1, 0.15) is 5.56 Å². The third-order valence-electron chi connectivity index (χ3n) is 4.43. The molecule has 0 saturated heterocycles. The van der Waals surface area contributed by atoms with E-state index in [4.69, 9.17) is 0 Å². The number of aryl methyl sites for hydroxylation is 1. The number of para-hydroxylation sites is 1. The van der Waals surface area contributed by atoms with Crippen LogP contribution in [0.5, 0.6) is 0 Å². The first-order valence-corrected chi connectivity index (χ1v) is 10.1. The van der Waals surface area contributed by atoms with E-state index in [0.29, 0.717) is 5.69 Å². The first-order chi connectivity index (χ1) is 14.6. The summed E-state index contributed by atoms with van der Waals surface area (Å²) in [6, 6.07) is 28.5. The van der Waals surface area contributed by atoms with E-state index >= 15 is 0 Å². The third-order valence-corrected chi connectivity index (χ3v) is 5.38. The number of nitrogens with zero attached hydrogens (tertiary/aromatic N) is 4. The molecule has 3 aromatic carbocycles. The second-order valence-corrected chi connectivity index (χ2v) is 7.63. The van der Waals surface area contributed by atoms with E-state index in [9.17, 15) is 10.1 Å². The lowest BCUT2D eigenvalue weighted by Crippen LogP contribution is -2.07. The van der Waals surface area contributed by atoms with E-state index < -0.39 is 4.92 Å². The Bertz CT molecular complexity index is 1170. The monoisotopic (exact) mass is 414 g/mol. The zero-order valence-electron chi connectivity index (χ0n) is 16.2. The Morgan fingerprint density at radius 1 is 0.800 bits per heavy atom. The molecule has 0 amide bonds. The maximum absolute atomic E-state index is 10.8. The molecule has 0 radical (unpaired) electrons. The van der Waals surface area contributed by atoms with Gasteiger partial charge in [-0.05, 0) is 55.5 Å². The van der Waals surface area contributed by atoms with Gasteiger partial charge in [0.2, 0.25) is 0 Å². The molecule has 0 fully saturated rings. The minimum atomic E-state index is -0.435. The molecule has 7 heteroatoms. The molecular formula is C23H18N4O2S. The van der Waals surface area contributed by atoms with Crippen LogP contribution in [0.25, 0.3) is 0 Å². The number of rotatable bonds is 6. The number of non-ortho nitro benzene ring substituents is 1.